The van der Waals surface area contributed by atoms with Crippen molar-refractivity contribution in [2.24, 2.45) is 0 Å². The Morgan fingerprint density at radius 2 is 2.00 bits per heavy atom. The molecule has 0 aliphatic rings. The number of benzene rings is 1. The zero-order valence-electron chi connectivity index (χ0n) is 10.4. The minimum Gasteiger partial charge on any atom is -0.381 e. The van der Waals surface area contributed by atoms with E-state index in [1.807, 2.05) is 37.3 Å². The topological polar surface area (TPSA) is 68.0 Å². The number of nitrogens with one attached hydrogen (secondary N) is 1. The molecule has 1 heterocycles. The molecule has 3 N–H and O–H groups in total. The van der Waals surface area contributed by atoms with E-state index in [1.54, 1.807) is 0 Å². The van der Waals surface area contributed by atoms with Crippen LogP contribution in [0.2, 0.25) is 0 Å². The molecule has 0 aliphatic heterocycles. The number of hydrogen-bond acceptors (Lipinski definition) is 3. The molecule has 19 heavy (non-hydrogen) atoms. The Balaban J connectivity index is 2.16. The Morgan fingerprint density at radius 1 is 1.32 bits per heavy atom. The zero-order chi connectivity index (χ0) is 13.8. The molecule has 1 unspecified atom stereocenters. The Hall–Kier alpha value is -2.43. The smallest absolute Gasteiger partial charge is 0.254 e. The van der Waals surface area contributed by atoms with Gasteiger partial charge in [-0.3, -0.25) is 4.79 Å². The predicted octanol–water partition coefficient (Wildman–Crippen LogP) is 2.29. The lowest BCUT2D eigenvalue weighted by molar-refractivity contribution is 0.0936. The van der Waals surface area contributed by atoms with Crippen LogP contribution >= 0.6 is 0 Å². The maximum atomic E-state index is 13.7. The van der Waals surface area contributed by atoms with Crippen LogP contribution in [-0.4, -0.2) is 10.9 Å². The van der Waals surface area contributed by atoms with Crippen LogP contribution < -0.4 is 11.1 Å². The molecule has 2 rings (SSSR count). The second-order valence-electron chi connectivity index (χ2n) is 4.16. The van der Waals surface area contributed by atoms with Gasteiger partial charge in [-0.2, -0.15) is 0 Å². The van der Waals surface area contributed by atoms with E-state index in [0.717, 1.165) is 5.56 Å². The molecule has 2 aromatic rings. The van der Waals surface area contributed by atoms with Crippen LogP contribution in [0.5, 0.6) is 0 Å². The van der Waals surface area contributed by atoms with E-state index in [2.05, 4.69) is 10.3 Å². The van der Waals surface area contributed by atoms with E-state index in [9.17, 15) is 9.18 Å². The van der Waals surface area contributed by atoms with Crippen molar-refractivity contribution < 1.29 is 9.18 Å². The van der Waals surface area contributed by atoms with E-state index >= 15 is 0 Å². The van der Waals surface area contributed by atoms with Gasteiger partial charge < -0.3 is 11.1 Å². The lowest BCUT2D eigenvalue weighted by atomic mass is 10.1. The molecule has 0 fully saturated rings. The second kappa shape index (κ2) is 5.48. The number of carbonyl (C=O) groups is 1. The summed E-state index contributed by atoms with van der Waals surface area (Å²) in [6.07, 6.45) is 1.31. The number of halogens is 1. The number of carbonyl (C=O) groups excluding carboxylic acids is 1. The normalized spacial score (nSPS) is 11.9. The summed E-state index contributed by atoms with van der Waals surface area (Å²) in [7, 11) is 0. The van der Waals surface area contributed by atoms with Gasteiger partial charge in [0.15, 0.2) is 11.6 Å². The molecule has 0 saturated heterocycles. The van der Waals surface area contributed by atoms with Gasteiger partial charge in [0, 0.05) is 6.20 Å². The number of rotatable bonds is 3. The third-order valence-electron chi connectivity index (χ3n) is 2.81. The van der Waals surface area contributed by atoms with Gasteiger partial charge >= 0.3 is 0 Å². The predicted molar refractivity (Wildman–Crippen MR) is 70.9 cm³/mol. The van der Waals surface area contributed by atoms with Crippen molar-refractivity contribution in [1.29, 1.82) is 0 Å². The third-order valence-corrected chi connectivity index (χ3v) is 2.81. The fourth-order valence-electron chi connectivity index (χ4n) is 1.73. The average Bonchev–Trinajstić information content (AvgIpc) is 2.42. The largest absolute Gasteiger partial charge is 0.381 e. The molecule has 4 nitrogen and oxygen atoms in total. The summed E-state index contributed by atoms with van der Waals surface area (Å²) in [5.74, 6) is -1.58. The Kier molecular flexibility index (Phi) is 3.75. The second-order valence-corrected chi connectivity index (χ2v) is 4.16. The van der Waals surface area contributed by atoms with Gasteiger partial charge in [0.2, 0.25) is 0 Å². The highest BCUT2D eigenvalue weighted by Crippen LogP contribution is 2.15. The first-order valence-electron chi connectivity index (χ1n) is 5.85. The molecule has 0 bridgehead atoms. The molecule has 0 radical (unpaired) electrons. The molecule has 1 aromatic carbocycles. The van der Waals surface area contributed by atoms with Crippen LogP contribution in [0.3, 0.4) is 0 Å². The SMILES string of the molecule is CC(NC(=O)c1ccnc(N)c1F)c1ccccc1. The van der Waals surface area contributed by atoms with Crippen molar-refractivity contribution in [3.05, 3.63) is 59.5 Å². The molecule has 98 valence electrons. The van der Waals surface area contributed by atoms with Gasteiger partial charge in [-0.05, 0) is 18.6 Å². The number of nitrogen functional groups attached to an aromatic ring is 1. The molecule has 0 saturated carbocycles. The molecule has 5 heteroatoms. The molecular formula is C14H14FN3O. The van der Waals surface area contributed by atoms with Crippen molar-refractivity contribution in [3.63, 3.8) is 0 Å². The number of hydrogen-bond donors (Lipinski definition) is 2. The summed E-state index contributed by atoms with van der Waals surface area (Å²) in [6.45, 7) is 1.83. The van der Waals surface area contributed by atoms with Crippen LogP contribution in [0.25, 0.3) is 0 Å². The zero-order valence-corrected chi connectivity index (χ0v) is 10.4. The van der Waals surface area contributed by atoms with Gasteiger partial charge in [0.1, 0.15) is 0 Å². The monoisotopic (exact) mass is 259 g/mol. The van der Waals surface area contributed by atoms with E-state index in [1.165, 1.54) is 12.3 Å². The Morgan fingerprint density at radius 3 is 2.68 bits per heavy atom. The highest BCUT2D eigenvalue weighted by atomic mass is 19.1. The summed E-state index contributed by atoms with van der Waals surface area (Å²) in [6, 6.07) is 10.5. The number of amides is 1. The van der Waals surface area contributed by atoms with Crippen molar-refractivity contribution in [2.45, 2.75) is 13.0 Å². The molecular weight excluding hydrogens is 245 g/mol. The molecule has 0 spiro atoms. The number of nitrogens with two attached hydrogens (primary N) is 1. The van der Waals surface area contributed by atoms with Crippen molar-refractivity contribution >= 4 is 11.7 Å². The van der Waals surface area contributed by atoms with E-state index in [-0.39, 0.29) is 17.4 Å². The van der Waals surface area contributed by atoms with Crippen LogP contribution in [0.15, 0.2) is 42.6 Å². The minimum atomic E-state index is -0.791. The summed E-state index contributed by atoms with van der Waals surface area (Å²) >= 11 is 0. The first-order chi connectivity index (χ1) is 9.09. The summed E-state index contributed by atoms with van der Waals surface area (Å²) in [4.78, 5) is 15.5. The van der Waals surface area contributed by atoms with Gasteiger partial charge in [0.25, 0.3) is 5.91 Å². The Labute approximate surface area is 110 Å². The maximum absolute atomic E-state index is 13.7. The first kappa shape index (κ1) is 13.0. The lowest BCUT2D eigenvalue weighted by Crippen LogP contribution is -2.27. The van der Waals surface area contributed by atoms with Crippen LogP contribution in [0, 0.1) is 5.82 Å². The Bertz CT molecular complexity index is 586. The number of aromatic nitrogens is 1. The van der Waals surface area contributed by atoms with E-state index in [0.29, 0.717) is 0 Å². The fraction of sp³-hybridized carbons (Fsp3) is 0.143. The first-order valence-corrected chi connectivity index (χ1v) is 5.85. The molecule has 1 atom stereocenters. The molecule has 1 amide bonds. The summed E-state index contributed by atoms with van der Waals surface area (Å²) in [5, 5.41) is 2.72. The van der Waals surface area contributed by atoms with Crippen LogP contribution in [0.4, 0.5) is 10.2 Å². The fourth-order valence-corrected chi connectivity index (χ4v) is 1.73. The number of nitrogens with zero attached hydrogens (tertiary/aromatic N) is 1. The highest BCUT2D eigenvalue weighted by Gasteiger charge is 2.16. The van der Waals surface area contributed by atoms with E-state index < -0.39 is 11.7 Å². The molecule has 1 aromatic heterocycles. The third kappa shape index (κ3) is 2.88. The van der Waals surface area contributed by atoms with Gasteiger partial charge in [-0.15, -0.1) is 0 Å². The number of anilines is 1. The summed E-state index contributed by atoms with van der Waals surface area (Å²) < 4.78 is 13.7. The molecule has 0 aliphatic carbocycles. The minimum absolute atomic E-state index is 0.102. The lowest BCUT2D eigenvalue weighted by Gasteiger charge is -2.14. The van der Waals surface area contributed by atoms with Crippen molar-refractivity contribution in [1.82, 2.24) is 10.3 Å². The average molecular weight is 259 g/mol. The quantitative estimate of drug-likeness (QED) is 0.888. The number of pyridine rings is 1. The van der Waals surface area contributed by atoms with E-state index in [4.69, 9.17) is 5.73 Å². The van der Waals surface area contributed by atoms with Crippen molar-refractivity contribution in [2.75, 3.05) is 5.73 Å². The van der Waals surface area contributed by atoms with Gasteiger partial charge in [-0.25, -0.2) is 9.37 Å². The van der Waals surface area contributed by atoms with Gasteiger partial charge in [0.05, 0.1) is 11.6 Å². The maximum Gasteiger partial charge on any atom is 0.254 e. The highest BCUT2D eigenvalue weighted by molar-refractivity contribution is 5.95. The van der Waals surface area contributed by atoms with Crippen molar-refractivity contribution in [3.8, 4) is 0 Å². The standard InChI is InChI=1S/C14H14FN3O/c1-9(10-5-3-2-4-6-10)18-14(19)11-7-8-17-13(16)12(11)15/h2-9H,1H3,(H2,16,17)(H,18,19). The summed E-state index contributed by atoms with van der Waals surface area (Å²) in [5.41, 5.74) is 6.18. The van der Waals surface area contributed by atoms with Crippen LogP contribution in [0.1, 0.15) is 28.9 Å². The van der Waals surface area contributed by atoms with Crippen LogP contribution in [-0.2, 0) is 0 Å². The van der Waals surface area contributed by atoms with Gasteiger partial charge in [-0.1, -0.05) is 30.3 Å².